The minimum atomic E-state index is 0.130. The van der Waals surface area contributed by atoms with Gasteiger partial charge < -0.3 is 20.3 Å². The van der Waals surface area contributed by atoms with E-state index in [9.17, 15) is 4.79 Å². The molecule has 0 atom stereocenters. The lowest BCUT2D eigenvalue weighted by molar-refractivity contribution is -0.128. The Bertz CT molecular complexity index is 421. The largest absolute Gasteiger partial charge is 0.497 e. The molecule has 0 heterocycles. The Morgan fingerprint density at radius 1 is 1.30 bits per heavy atom. The van der Waals surface area contributed by atoms with Gasteiger partial charge in [-0.15, -0.1) is 0 Å². The summed E-state index contributed by atoms with van der Waals surface area (Å²) in [5.41, 5.74) is 6.65. The molecule has 0 bridgehead atoms. The van der Waals surface area contributed by atoms with Gasteiger partial charge >= 0.3 is 0 Å². The molecular formula is C15H25N3O2. The fraction of sp³-hybridized carbons (Fsp3) is 0.533. The lowest BCUT2D eigenvalue weighted by Gasteiger charge is -2.25. The molecule has 0 saturated heterocycles. The Morgan fingerprint density at radius 2 is 2.05 bits per heavy atom. The highest BCUT2D eigenvalue weighted by Gasteiger charge is 2.11. The molecule has 0 fully saturated rings. The molecule has 0 unspecified atom stereocenters. The SMILES string of the molecule is COc1cccc(N(CCCN)CCC(=O)N(C)C)c1. The Kier molecular flexibility index (Phi) is 6.87. The van der Waals surface area contributed by atoms with E-state index in [4.69, 9.17) is 10.5 Å². The van der Waals surface area contributed by atoms with Crippen molar-refractivity contribution in [3.8, 4) is 5.75 Å². The summed E-state index contributed by atoms with van der Waals surface area (Å²) in [7, 11) is 5.20. The van der Waals surface area contributed by atoms with Crippen LogP contribution in [0.4, 0.5) is 5.69 Å². The van der Waals surface area contributed by atoms with Crippen LogP contribution < -0.4 is 15.4 Å². The van der Waals surface area contributed by atoms with Crippen molar-refractivity contribution < 1.29 is 9.53 Å². The molecule has 0 aromatic heterocycles. The molecule has 1 amide bonds. The normalized spacial score (nSPS) is 10.2. The molecule has 0 spiro atoms. The van der Waals surface area contributed by atoms with E-state index >= 15 is 0 Å². The van der Waals surface area contributed by atoms with Crippen LogP contribution >= 0.6 is 0 Å². The minimum absolute atomic E-state index is 0.130. The number of hydrogen-bond acceptors (Lipinski definition) is 4. The van der Waals surface area contributed by atoms with Crippen LogP contribution in [0.15, 0.2) is 24.3 Å². The first-order chi connectivity index (χ1) is 9.58. The van der Waals surface area contributed by atoms with E-state index in [0.717, 1.165) is 24.4 Å². The zero-order valence-electron chi connectivity index (χ0n) is 12.6. The third-order valence-electron chi connectivity index (χ3n) is 3.15. The molecule has 2 N–H and O–H groups in total. The van der Waals surface area contributed by atoms with Crippen molar-refractivity contribution in [1.29, 1.82) is 0 Å². The number of anilines is 1. The Labute approximate surface area is 121 Å². The van der Waals surface area contributed by atoms with Gasteiger partial charge in [-0.3, -0.25) is 4.79 Å². The van der Waals surface area contributed by atoms with Gasteiger partial charge in [-0.05, 0) is 25.1 Å². The van der Waals surface area contributed by atoms with E-state index in [1.54, 1.807) is 26.1 Å². The maximum atomic E-state index is 11.7. The third kappa shape index (κ3) is 5.09. The highest BCUT2D eigenvalue weighted by atomic mass is 16.5. The molecule has 1 aromatic rings. The zero-order valence-corrected chi connectivity index (χ0v) is 12.6. The van der Waals surface area contributed by atoms with Crippen LogP contribution in [0.1, 0.15) is 12.8 Å². The van der Waals surface area contributed by atoms with Gasteiger partial charge in [0.05, 0.1) is 7.11 Å². The number of benzene rings is 1. The highest BCUT2D eigenvalue weighted by molar-refractivity contribution is 5.76. The van der Waals surface area contributed by atoms with Crippen LogP contribution in [0.25, 0.3) is 0 Å². The first kappa shape index (κ1) is 16.3. The maximum Gasteiger partial charge on any atom is 0.223 e. The first-order valence-corrected chi connectivity index (χ1v) is 6.87. The second-order valence-electron chi connectivity index (χ2n) is 4.87. The van der Waals surface area contributed by atoms with E-state index in [1.165, 1.54) is 0 Å². The number of nitrogens with two attached hydrogens (primary N) is 1. The molecule has 112 valence electrons. The summed E-state index contributed by atoms with van der Waals surface area (Å²) in [6.07, 6.45) is 1.39. The van der Waals surface area contributed by atoms with Crippen molar-refractivity contribution in [2.75, 3.05) is 45.7 Å². The number of amides is 1. The summed E-state index contributed by atoms with van der Waals surface area (Å²) in [4.78, 5) is 15.5. The average Bonchev–Trinajstić information content (AvgIpc) is 2.47. The molecular weight excluding hydrogens is 254 g/mol. The van der Waals surface area contributed by atoms with E-state index in [1.807, 2.05) is 24.3 Å². The number of carbonyl (C=O) groups is 1. The van der Waals surface area contributed by atoms with E-state index in [0.29, 0.717) is 19.5 Å². The maximum absolute atomic E-state index is 11.7. The fourth-order valence-electron chi connectivity index (χ4n) is 1.91. The number of methoxy groups -OCH3 is 1. The highest BCUT2D eigenvalue weighted by Crippen LogP contribution is 2.21. The molecule has 0 aliphatic heterocycles. The summed E-state index contributed by atoms with van der Waals surface area (Å²) < 4.78 is 5.25. The lowest BCUT2D eigenvalue weighted by atomic mass is 10.2. The summed E-state index contributed by atoms with van der Waals surface area (Å²) >= 11 is 0. The Balaban J connectivity index is 2.74. The lowest BCUT2D eigenvalue weighted by Crippen LogP contribution is -2.31. The number of hydrogen-bond donors (Lipinski definition) is 1. The van der Waals surface area contributed by atoms with Crippen LogP contribution in [0.2, 0.25) is 0 Å². The average molecular weight is 279 g/mol. The van der Waals surface area contributed by atoms with Crippen LogP contribution in [-0.4, -0.2) is 51.6 Å². The van der Waals surface area contributed by atoms with Crippen molar-refractivity contribution in [2.45, 2.75) is 12.8 Å². The van der Waals surface area contributed by atoms with Gasteiger partial charge in [0.25, 0.3) is 0 Å². The molecule has 0 aliphatic rings. The molecule has 1 rings (SSSR count). The summed E-state index contributed by atoms with van der Waals surface area (Å²) in [5.74, 6) is 0.949. The van der Waals surface area contributed by atoms with Crippen LogP contribution in [0.5, 0.6) is 5.75 Å². The third-order valence-corrected chi connectivity index (χ3v) is 3.15. The van der Waals surface area contributed by atoms with Gasteiger partial charge in [0.15, 0.2) is 0 Å². The predicted octanol–water partition coefficient (Wildman–Crippen LogP) is 1.33. The monoisotopic (exact) mass is 279 g/mol. The van der Waals surface area contributed by atoms with E-state index in [2.05, 4.69) is 4.90 Å². The first-order valence-electron chi connectivity index (χ1n) is 6.87. The predicted molar refractivity (Wildman–Crippen MR) is 82.2 cm³/mol. The van der Waals surface area contributed by atoms with Gasteiger partial charge in [-0.1, -0.05) is 6.07 Å². The number of carbonyl (C=O) groups excluding carboxylic acids is 1. The molecule has 20 heavy (non-hydrogen) atoms. The smallest absolute Gasteiger partial charge is 0.223 e. The Morgan fingerprint density at radius 3 is 2.65 bits per heavy atom. The summed E-state index contributed by atoms with van der Waals surface area (Å²) in [5, 5.41) is 0. The summed E-state index contributed by atoms with van der Waals surface area (Å²) in [6, 6.07) is 7.88. The van der Waals surface area contributed by atoms with Gasteiger partial charge in [0.1, 0.15) is 5.75 Å². The van der Waals surface area contributed by atoms with Gasteiger partial charge in [0, 0.05) is 45.4 Å². The van der Waals surface area contributed by atoms with Crippen molar-refractivity contribution in [3.63, 3.8) is 0 Å². The van der Waals surface area contributed by atoms with Crippen LogP contribution in [0, 0.1) is 0 Å². The molecule has 0 saturated carbocycles. The zero-order chi connectivity index (χ0) is 15.0. The standard InChI is InChI=1S/C15H25N3O2/c1-17(2)15(19)8-11-18(10-5-9-16)13-6-4-7-14(12-13)20-3/h4,6-7,12H,5,8-11,16H2,1-3H3. The van der Waals surface area contributed by atoms with Gasteiger partial charge in [-0.25, -0.2) is 0 Å². The molecule has 0 radical (unpaired) electrons. The number of nitrogens with zero attached hydrogens (tertiary/aromatic N) is 2. The quantitative estimate of drug-likeness (QED) is 0.780. The second-order valence-corrected chi connectivity index (χ2v) is 4.87. The fourth-order valence-corrected chi connectivity index (χ4v) is 1.91. The van der Waals surface area contributed by atoms with Gasteiger partial charge in [0.2, 0.25) is 5.91 Å². The van der Waals surface area contributed by atoms with E-state index < -0.39 is 0 Å². The molecule has 5 heteroatoms. The van der Waals surface area contributed by atoms with Crippen molar-refractivity contribution in [3.05, 3.63) is 24.3 Å². The molecule has 5 nitrogen and oxygen atoms in total. The van der Waals surface area contributed by atoms with Crippen molar-refractivity contribution >= 4 is 11.6 Å². The molecule has 1 aromatic carbocycles. The van der Waals surface area contributed by atoms with Gasteiger partial charge in [-0.2, -0.15) is 0 Å². The van der Waals surface area contributed by atoms with Crippen molar-refractivity contribution in [2.24, 2.45) is 5.73 Å². The minimum Gasteiger partial charge on any atom is -0.497 e. The molecule has 0 aliphatic carbocycles. The van der Waals surface area contributed by atoms with Crippen LogP contribution in [-0.2, 0) is 4.79 Å². The van der Waals surface area contributed by atoms with Crippen molar-refractivity contribution in [1.82, 2.24) is 4.90 Å². The number of rotatable bonds is 8. The van der Waals surface area contributed by atoms with Crippen LogP contribution in [0.3, 0.4) is 0 Å². The van der Waals surface area contributed by atoms with E-state index in [-0.39, 0.29) is 5.91 Å². The number of ether oxygens (including phenoxy) is 1. The summed E-state index contributed by atoms with van der Waals surface area (Å²) in [6.45, 7) is 2.16. The second kappa shape index (κ2) is 8.43. The topological polar surface area (TPSA) is 58.8 Å². The Hall–Kier alpha value is -1.75.